The van der Waals surface area contributed by atoms with Crippen LogP contribution in [0.25, 0.3) is 0 Å². The molecule has 1 nitrogen and oxygen atoms in total. The second-order valence-electron chi connectivity index (χ2n) is 10.2. The van der Waals surface area contributed by atoms with Gasteiger partial charge in [0.2, 0.25) is 0 Å². The highest BCUT2D eigenvalue weighted by Gasteiger charge is 2.24. The van der Waals surface area contributed by atoms with Crippen LogP contribution in [0.1, 0.15) is 109 Å². The number of hydrogen-bond donors (Lipinski definition) is 0. The topological polar surface area (TPSA) is 9.23 Å². The van der Waals surface area contributed by atoms with Gasteiger partial charge in [0.15, 0.2) is 0 Å². The van der Waals surface area contributed by atoms with Crippen molar-refractivity contribution in [2.75, 3.05) is 6.61 Å². The fourth-order valence-electron chi connectivity index (χ4n) is 5.84. The average molecular weight is 399 g/mol. The van der Waals surface area contributed by atoms with Gasteiger partial charge in [0.1, 0.15) is 5.75 Å². The normalized spacial score (nSPS) is 27.7. The molecular formula is C28H46O. The van der Waals surface area contributed by atoms with Gasteiger partial charge in [-0.3, -0.25) is 0 Å². The Bertz CT molecular complexity index is 532. The van der Waals surface area contributed by atoms with Gasteiger partial charge in [-0.25, -0.2) is 0 Å². The van der Waals surface area contributed by atoms with Crippen LogP contribution in [-0.4, -0.2) is 6.61 Å². The largest absolute Gasteiger partial charge is 0.494 e. The van der Waals surface area contributed by atoms with E-state index >= 15 is 0 Å². The molecule has 0 heterocycles. The van der Waals surface area contributed by atoms with E-state index in [9.17, 15) is 0 Å². The lowest BCUT2D eigenvalue weighted by molar-refractivity contribution is 0.209. The molecule has 1 heteroatoms. The fourth-order valence-corrected chi connectivity index (χ4v) is 5.84. The molecule has 0 N–H and O–H groups in total. The smallest absolute Gasteiger partial charge is 0.119 e. The van der Waals surface area contributed by atoms with Crippen molar-refractivity contribution in [3.63, 3.8) is 0 Å². The zero-order valence-electron chi connectivity index (χ0n) is 19.3. The third-order valence-electron chi connectivity index (χ3n) is 7.85. The molecule has 0 atom stereocenters. The number of hydrogen-bond acceptors (Lipinski definition) is 1. The Morgan fingerprint density at radius 1 is 0.621 bits per heavy atom. The molecule has 164 valence electrons. The molecule has 0 aliphatic heterocycles. The molecule has 0 aromatic heterocycles. The molecular weight excluding hydrogens is 352 g/mol. The summed E-state index contributed by atoms with van der Waals surface area (Å²) in [5.74, 6) is 5.15. The Morgan fingerprint density at radius 2 is 1.10 bits per heavy atom. The van der Waals surface area contributed by atoms with Crippen LogP contribution in [0.3, 0.4) is 0 Å². The SMILES string of the molecule is CCCOc1ccc(CC[C@H]2CC[C@H](CC[C@H]3CC[C@H](CCC)CC3)CC2)cc1. The van der Waals surface area contributed by atoms with Crippen molar-refractivity contribution >= 4 is 0 Å². The van der Waals surface area contributed by atoms with Crippen molar-refractivity contribution in [3.8, 4) is 5.75 Å². The summed E-state index contributed by atoms with van der Waals surface area (Å²) in [6.07, 6.45) is 21.7. The summed E-state index contributed by atoms with van der Waals surface area (Å²) < 4.78 is 5.70. The minimum Gasteiger partial charge on any atom is -0.494 e. The van der Waals surface area contributed by atoms with Crippen LogP contribution in [0, 0.1) is 23.7 Å². The van der Waals surface area contributed by atoms with Crippen LogP contribution < -0.4 is 4.74 Å². The predicted molar refractivity (Wildman–Crippen MR) is 126 cm³/mol. The monoisotopic (exact) mass is 398 g/mol. The molecule has 2 aliphatic rings. The van der Waals surface area contributed by atoms with E-state index in [0.29, 0.717) is 0 Å². The molecule has 2 saturated carbocycles. The molecule has 0 amide bonds. The highest BCUT2D eigenvalue weighted by Crippen LogP contribution is 2.38. The van der Waals surface area contributed by atoms with Gasteiger partial charge >= 0.3 is 0 Å². The molecule has 0 saturated heterocycles. The minimum absolute atomic E-state index is 0.822. The van der Waals surface area contributed by atoms with Crippen LogP contribution in [0.2, 0.25) is 0 Å². The standard InChI is InChI=1S/C28H46O/c1-3-5-23-6-8-24(9-7-23)10-11-25-12-14-26(15-13-25)16-17-27-18-20-28(21-19-27)29-22-4-2/h18-21,23-26H,3-17,22H2,1-2H3/t23-,24-,25-,26-. The van der Waals surface area contributed by atoms with E-state index in [2.05, 4.69) is 38.1 Å². The Labute approximate surface area is 181 Å². The molecule has 0 bridgehead atoms. The lowest BCUT2D eigenvalue weighted by Crippen LogP contribution is -2.18. The number of ether oxygens (including phenoxy) is 1. The van der Waals surface area contributed by atoms with Gasteiger partial charge in [-0.05, 0) is 60.6 Å². The molecule has 2 aliphatic carbocycles. The average Bonchev–Trinajstić information content (AvgIpc) is 2.77. The summed E-state index contributed by atoms with van der Waals surface area (Å²) in [5, 5.41) is 0. The van der Waals surface area contributed by atoms with Crippen LogP contribution in [0.5, 0.6) is 5.75 Å². The summed E-state index contributed by atoms with van der Waals surface area (Å²) in [4.78, 5) is 0. The second-order valence-corrected chi connectivity index (χ2v) is 10.2. The summed E-state index contributed by atoms with van der Waals surface area (Å²) in [6, 6.07) is 8.84. The van der Waals surface area contributed by atoms with Crippen LogP contribution in [0.4, 0.5) is 0 Å². The summed E-state index contributed by atoms with van der Waals surface area (Å²) in [6.45, 7) is 5.33. The molecule has 0 radical (unpaired) electrons. The van der Waals surface area contributed by atoms with Gasteiger partial charge in [0.25, 0.3) is 0 Å². The van der Waals surface area contributed by atoms with Gasteiger partial charge in [0, 0.05) is 0 Å². The maximum absolute atomic E-state index is 5.70. The third-order valence-corrected chi connectivity index (χ3v) is 7.85. The molecule has 2 fully saturated rings. The summed E-state index contributed by atoms with van der Waals surface area (Å²) >= 11 is 0. The highest BCUT2D eigenvalue weighted by atomic mass is 16.5. The molecule has 1 aromatic carbocycles. The van der Waals surface area contributed by atoms with Gasteiger partial charge in [-0.15, -0.1) is 0 Å². The molecule has 29 heavy (non-hydrogen) atoms. The summed E-state index contributed by atoms with van der Waals surface area (Å²) in [5.41, 5.74) is 1.48. The molecule has 0 spiro atoms. The first kappa shape index (κ1) is 22.7. The van der Waals surface area contributed by atoms with E-state index in [-0.39, 0.29) is 0 Å². The van der Waals surface area contributed by atoms with Gasteiger partial charge in [-0.1, -0.05) is 103 Å². The molecule has 1 aromatic rings. The Hall–Kier alpha value is -0.980. The van der Waals surface area contributed by atoms with Crippen LogP contribution in [0.15, 0.2) is 24.3 Å². The first-order valence-corrected chi connectivity index (χ1v) is 13.0. The van der Waals surface area contributed by atoms with Gasteiger partial charge < -0.3 is 4.74 Å². The predicted octanol–water partition coefficient (Wildman–Crippen LogP) is 8.60. The number of rotatable bonds is 11. The zero-order chi connectivity index (χ0) is 20.3. The maximum Gasteiger partial charge on any atom is 0.119 e. The van der Waals surface area contributed by atoms with Crippen molar-refractivity contribution in [2.24, 2.45) is 23.7 Å². The maximum atomic E-state index is 5.70. The van der Waals surface area contributed by atoms with Crippen LogP contribution in [-0.2, 0) is 6.42 Å². The highest BCUT2D eigenvalue weighted by molar-refractivity contribution is 5.27. The number of benzene rings is 1. The van der Waals surface area contributed by atoms with Gasteiger partial charge in [0.05, 0.1) is 6.61 Å². The van der Waals surface area contributed by atoms with Crippen molar-refractivity contribution < 1.29 is 4.74 Å². The lowest BCUT2D eigenvalue weighted by Gasteiger charge is -2.32. The van der Waals surface area contributed by atoms with Crippen molar-refractivity contribution in [1.82, 2.24) is 0 Å². The third kappa shape index (κ3) is 7.99. The zero-order valence-corrected chi connectivity index (χ0v) is 19.3. The first-order chi connectivity index (χ1) is 14.3. The minimum atomic E-state index is 0.822. The molecule has 0 unspecified atom stereocenters. The van der Waals surface area contributed by atoms with Crippen LogP contribution >= 0.6 is 0 Å². The lowest BCUT2D eigenvalue weighted by atomic mass is 9.74. The Balaban J connectivity index is 1.27. The van der Waals surface area contributed by atoms with E-state index in [4.69, 9.17) is 4.74 Å². The summed E-state index contributed by atoms with van der Waals surface area (Å²) in [7, 11) is 0. The second kappa shape index (κ2) is 12.7. The number of aryl methyl sites for hydroxylation is 1. The van der Waals surface area contributed by atoms with E-state index in [1.165, 1.54) is 95.5 Å². The first-order valence-electron chi connectivity index (χ1n) is 13.0. The Morgan fingerprint density at radius 3 is 1.59 bits per heavy atom. The fraction of sp³-hybridized carbons (Fsp3) is 0.786. The van der Waals surface area contributed by atoms with E-state index < -0.39 is 0 Å². The Kier molecular flexibility index (Phi) is 9.91. The van der Waals surface area contributed by atoms with E-state index in [0.717, 1.165) is 42.4 Å². The quantitative estimate of drug-likeness (QED) is 0.362. The van der Waals surface area contributed by atoms with Gasteiger partial charge in [-0.2, -0.15) is 0 Å². The van der Waals surface area contributed by atoms with E-state index in [1.807, 2.05) is 0 Å². The van der Waals surface area contributed by atoms with Crippen molar-refractivity contribution in [1.29, 1.82) is 0 Å². The van der Waals surface area contributed by atoms with Crippen molar-refractivity contribution in [3.05, 3.63) is 29.8 Å². The molecule has 3 rings (SSSR count). The van der Waals surface area contributed by atoms with Crippen molar-refractivity contribution in [2.45, 2.75) is 110 Å². The van der Waals surface area contributed by atoms with E-state index in [1.54, 1.807) is 0 Å².